The molecule has 0 aromatic rings. The number of carbonyl (C=O) groups is 1. The van der Waals surface area contributed by atoms with Crippen LogP contribution >= 0.6 is 11.8 Å². The predicted octanol–water partition coefficient (Wildman–Crippen LogP) is -1.43. The van der Waals surface area contributed by atoms with E-state index < -0.39 is 47.6 Å². The summed E-state index contributed by atoms with van der Waals surface area (Å²) in [6.45, 7) is -1.13. The van der Waals surface area contributed by atoms with Crippen molar-refractivity contribution >= 4 is 17.7 Å². The third-order valence-electron chi connectivity index (χ3n) is 2.81. The van der Waals surface area contributed by atoms with Crippen LogP contribution in [0.1, 0.15) is 6.42 Å². The molecule has 1 saturated heterocycles. The summed E-state index contributed by atoms with van der Waals surface area (Å²) in [6.07, 6.45) is -6.89. The van der Waals surface area contributed by atoms with E-state index in [2.05, 4.69) is 0 Å². The summed E-state index contributed by atoms with van der Waals surface area (Å²) in [5.41, 5.74) is -1.57. The molecular weight excluding hydrogens is 291 g/mol. The fourth-order valence-corrected chi connectivity index (χ4v) is 3.05. The van der Waals surface area contributed by atoms with Gasteiger partial charge >= 0.3 is 12.1 Å². The zero-order valence-corrected chi connectivity index (χ0v) is 10.4. The summed E-state index contributed by atoms with van der Waals surface area (Å²) in [6, 6.07) is -1.52. The molecule has 10 heteroatoms. The lowest BCUT2D eigenvalue weighted by Crippen LogP contribution is -2.60. The van der Waals surface area contributed by atoms with Crippen molar-refractivity contribution in [1.29, 1.82) is 0 Å². The molecule has 3 atom stereocenters. The second kappa shape index (κ2) is 5.83. The van der Waals surface area contributed by atoms with Gasteiger partial charge in [-0.1, -0.05) is 0 Å². The highest BCUT2D eigenvalue weighted by molar-refractivity contribution is 8.01. The number of aliphatic hydroxyl groups excluding tert-OH is 4. The van der Waals surface area contributed by atoms with E-state index in [1.54, 1.807) is 0 Å². The van der Waals surface area contributed by atoms with Gasteiger partial charge in [-0.2, -0.15) is 13.2 Å². The van der Waals surface area contributed by atoms with Gasteiger partial charge in [0, 0.05) is 0 Å². The number of rotatable bonds is 3. The van der Waals surface area contributed by atoms with Crippen molar-refractivity contribution in [3.63, 3.8) is 0 Å². The minimum absolute atomic E-state index is 0.259. The zero-order chi connectivity index (χ0) is 14.8. The van der Waals surface area contributed by atoms with Gasteiger partial charge in [0.1, 0.15) is 5.44 Å². The monoisotopic (exact) mass is 305 g/mol. The van der Waals surface area contributed by atoms with Crippen LogP contribution in [0.15, 0.2) is 0 Å². The van der Waals surface area contributed by atoms with Gasteiger partial charge in [-0.3, -0.25) is 4.79 Å². The largest absolute Gasteiger partial charge is 0.471 e. The average Bonchev–Trinajstić information content (AvgIpc) is 2.32. The summed E-state index contributed by atoms with van der Waals surface area (Å²) in [7, 11) is 0. The van der Waals surface area contributed by atoms with Crippen LogP contribution in [0.3, 0.4) is 0 Å². The number of hydrogen-bond acceptors (Lipinski definition) is 6. The number of halogens is 3. The molecule has 0 radical (unpaired) electrons. The molecule has 0 aromatic heterocycles. The second-order valence-corrected chi connectivity index (χ2v) is 5.86. The minimum Gasteiger partial charge on any atom is -0.395 e. The summed E-state index contributed by atoms with van der Waals surface area (Å²) >= 11 is 0.612. The molecule has 0 aliphatic carbocycles. The predicted molar refractivity (Wildman–Crippen MR) is 59.1 cm³/mol. The lowest BCUT2D eigenvalue weighted by molar-refractivity contribution is -0.175. The zero-order valence-electron chi connectivity index (χ0n) is 9.59. The van der Waals surface area contributed by atoms with Crippen LogP contribution in [-0.4, -0.2) is 68.1 Å². The number of carbonyl (C=O) groups excluding carboxylic acids is 1. The van der Waals surface area contributed by atoms with Crippen molar-refractivity contribution in [1.82, 2.24) is 5.32 Å². The molecule has 19 heavy (non-hydrogen) atoms. The number of thioether (sulfide) groups is 1. The van der Waals surface area contributed by atoms with Gasteiger partial charge in [-0.25, -0.2) is 0 Å². The molecule has 1 rings (SSSR count). The van der Waals surface area contributed by atoms with E-state index in [0.29, 0.717) is 11.8 Å². The number of aliphatic hydroxyl groups is 4. The van der Waals surface area contributed by atoms with E-state index in [0.717, 1.165) is 0 Å². The number of hydrogen-bond donors (Lipinski definition) is 5. The van der Waals surface area contributed by atoms with Crippen molar-refractivity contribution < 1.29 is 38.4 Å². The van der Waals surface area contributed by atoms with Crippen molar-refractivity contribution in [2.24, 2.45) is 0 Å². The van der Waals surface area contributed by atoms with Gasteiger partial charge in [0.25, 0.3) is 0 Å². The van der Waals surface area contributed by atoms with Crippen molar-refractivity contribution in [2.45, 2.75) is 34.9 Å². The van der Waals surface area contributed by atoms with Gasteiger partial charge < -0.3 is 25.7 Å². The Balaban J connectivity index is 2.76. The Morgan fingerprint density at radius 2 is 1.84 bits per heavy atom. The Kier molecular flexibility index (Phi) is 5.07. The Morgan fingerprint density at radius 3 is 2.21 bits per heavy atom. The molecular formula is C9H14F3NO5S. The fraction of sp³-hybridized carbons (Fsp3) is 0.889. The first-order valence-corrected chi connectivity index (χ1v) is 6.16. The van der Waals surface area contributed by atoms with Crippen LogP contribution in [0.2, 0.25) is 0 Å². The molecule has 2 unspecified atom stereocenters. The molecule has 1 aliphatic heterocycles. The van der Waals surface area contributed by atoms with Crippen molar-refractivity contribution in [3.05, 3.63) is 0 Å². The quantitative estimate of drug-likeness (QED) is 0.437. The third-order valence-corrected chi connectivity index (χ3v) is 4.26. The molecule has 1 fully saturated rings. The molecule has 0 aromatic carbocycles. The Morgan fingerprint density at radius 1 is 1.32 bits per heavy atom. The highest BCUT2D eigenvalue weighted by Crippen LogP contribution is 2.40. The summed E-state index contributed by atoms with van der Waals surface area (Å²) in [5.74, 6) is -2.27. The van der Waals surface area contributed by atoms with Gasteiger partial charge in [-0.05, 0) is 6.42 Å². The summed E-state index contributed by atoms with van der Waals surface area (Å²) < 4.78 is 35.0. The van der Waals surface area contributed by atoms with Crippen LogP contribution < -0.4 is 5.32 Å². The molecule has 0 saturated carbocycles. The first-order chi connectivity index (χ1) is 8.65. The summed E-state index contributed by atoms with van der Waals surface area (Å²) in [4.78, 5) is 10.8. The van der Waals surface area contributed by atoms with E-state index >= 15 is 0 Å². The molecule has 6 nitrogen and oxygen atoms in total. The fourth-order valence-electron chi connectivity index (χ4n) is 1.73. The van der Waals surface area contributed by atoms with Crippen molar-refractivity contribution in [3.8, 4) is 0 Å². The van der Waals surface area contributed by atoms with Crippen LogP contribution in [0.25, 0.3) is 0 Å². The Hall–Kier alpha value is -0.550. The first kappa shape index (κ1) is 16.5. The maximum absolute atomic E-state index is 12.1. The number of alkyl halides is 3. The number of nitrogens with one attached hydrogen (secondary N) is 1. The van der Waals surface area contributed by atoms with Crippen LogP contribution in [0, 0.1) is 0 Å². The smallest absolute Gasteiger partial charge is 0.395 e. The van der Waals surface area contributed by atoms with Gasteiger partial charge in [0.2, 0.25) is 0 Å². The van der Waals surface area contributed by atoms with E-state index in [1.165, 1.54) is 5.32 Å². The number of amides is 1. The van der Waals surface area contributed by atoms with Gasteiger partial charge in [0.15, 0.2) is 0 Å². The lowest BCUT2D eigenvalue weighted by Gasteiger charge is -2.43. The average molecular weight is 305 g/mol. The molecule has 0 spiro atoms. The highest BCUT2D eigenvalue weighted by Gasteiger charge is 2.48. The standard InChI is InChI=1S/C9H14F3NO5S/c10-9(11,12)7(18)13-5-4(16)1-8(2-14,3-15)19-6(5)17/h4-6,14-17H,1-3H2,(H,13,18)/t4?,5?,6-/m1/s1. The van der Waals surface area contributed by atoms with E-state index in [9.17, 15) is 28.2 Å². The molecule has 1 amide bonds. The SMILES string of the molecule is O=C(NC1C(O)CC(CO)(CO)S[C@H]1O)C(F)(F)F. The van der Waals surface area contributed by atoms with Crippen molar-refractivity contribution in [2.75, 3.05) is 13.2 Å². The molecule has 1 heterocycles. The van der Waals surface area contributed by atoms with Gasteiger partial charge in [0.05, 0.1) is 30.1 Å². The topological polar surface area (TPSA) is 110 Å². The molecule has 112 valence electrons. The van der Waals surface area contributed by atoms with Gasteiger partial charge in [-0.15, -0.1) is 11.8 Å². The second-order valence-electron chi connectivity index (χ2n) is 4.28. The maximum Gasteiger partial charge on any atom is 0.471 e. The van der Waals surface area contributed by atoms with E-state index in [1.807, 2.05) is 0 Å². The normalized spacial score (nSPS) is 31.0. The summed E-state index contributed by atoms with van der Waals surface area (Å²) in [5, 5.41) is 39.0. The van der Waals surface area contributed by atoms with Crippen LogP contribution in [0.4, 0.5) is 13.2 Å². The van der Waals surface area contributed by atoms with Crippen LogP contribution in [-0.2, 0) is 4.79 Å². The van der Waals surface area contributed by atoms with Crippen LogP contribution in [0.5, 0.6) is 0 Å². The Bertz CT molecular complexity index is 322. The highest BCUT2D eigenvalue weighted by atomic mass is 32.2. The molecule has 5 N–H and O–H groups in total. The Labute approximate surface area is 110 Å². The maximum atomic E-state index is 12.1. The first-order valence-electron chi connectivity index (χ1n) is 5.28. The minimum atomic E-state index is -5.12. The van der Waals surface area contributed by atoms with E-state index in [-0.39, 0.29) is 6.42 Å². The third kappa shape index (κ3) is 3.72. The molecule has 1 aliphatic rings. The lowest BCUT2D eigenvalue weighted by atomic mass is 9.96. The molecule has 0 bridgehead atoms. The van der Waals surface area contributed by atoms with E-state index in [4.69, 9.17) is 10.2 Å².